The van der Waals surface area contributed by atoms with Crippen LogP contribution in [0.5, 0.6) is 5.75 Å². The van der Waals surface area contributed by atoms with Gasteiger partial charge < -0.3 is 9.51 Å². The molecule has 0 radical (unpaired) electrons. The number of nitrogens with zero attached hydrogens (tertiary/aromatic N) is 2. The van der Waals surface area contributed by atoms with E-state index in [1.807, 2.05) is 16.7 Å². The summed E-state index contributed by atoms with van der Waals surface area (Å²) in [5.41, 5.74) is 0.814. The maximum absolute atomic E-state index is 9.60. The summed E-state index contributed by atoms with van der Waals surface area (Å²) < 4.78 is 2.00. The van der Waals surface area contributed by atoms with Gasteiger partial charge in [0.2, 0.25) is 0 Å². The molecule has 72 valence electrons. The number of hydrogen-bond donors (Lipinski definition) is 1. The summed E-state index contributed by atoms with van der Waals surface area (Å²) in [6.07, 6.45) is 7.49. The van der Waals surface area contributed by atoms with Crippen molar-refractivity contribution in [2.75, 3.05) is 0 Å². The van der Waals surface area contributed by atoms with Gasteiger partial charge in [-0.05, 0) is 25.0 Å². The van der Waals surface area contributed by atoms with Crippen LogP contribution in [0.25, 0.3) is 5.52 Å². The van der Waals surface area contributed by atoms with Crippen LogP contribution >= 0.6 is 0 Å². The number of aromatic nitrogens is 2. The minimum absolute atomic E-state index is 0.311. The summed E-state index contributed by atoms with van der Waals surface area (Å²) in [5, 5.41) is 9.60. The van der Waals surface area contributed by atoms with Crippen LogP contribution < -0.4 is 0 Å². The predicted octanol–water partition coefficient (Wildman–Crippen LogP) is 2.31. The molecule has 0 atom stereocenters. The van der Waals surface area contributed by atoms with Crippen molar-refractivity contribution in [2.24, 2.45) is 0 Å². The Hall–Kier alpha value is -1.51. The molecule has 0 aliphatic heterocycles. The minimum atomic E-state index is 0.311. The first kappa shape index (κ1) is 7.85. The quantitative estimate of drug-likeness (QED) is 0.745. The van der Waals surface area contributed by atoms with E-state index in [1.54, 1.807) is 12.3 Å². The van der Waals surface area contributed by atoms with Gasteiger partial charge in [0.15, 0.2) is 0 Å². The Labute approximate surface area is 82.0 Å². The summed E-state index contributed by atoms with van der Waals surface area (Å²) in [6.45, 7) is 0. The highest BCUT2D eigenvalue weighted by Crippen LogP contribution is 2.36. The van der Waals surface area contributed by atoms with Gasteiger partial charge in [-0.15, -0.1) is 0 Å². The molecule has 1 N–H and O–H groups in total. The Bertz CT molecular complexity index is 471. The fourth-order valence-electron chi connectivity index (χ4n) is 2.00. The Morgan fingerprint density at radius 2 is 2.29 bits per heavy atom. The molecule has 1 aliphatic rings. The summed E-state index contributed by atoms with van der Waals surface area (Å²) >= 11 is 0. The van der Waals surface area contributed by atoms with Gasteiger partial charge >= 0.3 is 0 Å². The van der Waals surface area contributed by atoms with Crippen LogP contribution in [0.4, 0.5) is 0 Å². The zero-order valence-corrected chi connectivity index (χ0v) is 7.85. The molecule has 2 aromatic heterocycles. The van der Waals surface area contributed by atoms with Crippen LogP contribution in [-0.2, 0) is 0 Å². The number of pyridine rings is 1. The predicted molar refractivity (Wildman–Crippen MR) is 53.4 cm³/mol. The van der Waals surface area contributed by atoms with Crippen molar-refractivity contribution in [3.05, 3.63) is 30.4 Å². The Kier molecular flexibility index (Phi) is 1.54. The second-order valence-corrected chi connectivity index (χ2v) is 3.89. The van der Waals surface area contributed by atoms with Gasteiger partial charge in [-0.1, -0.05) is 6.42 Å². The first-order valence-electron chi connectivity index (χ1n) is 5.01. The van der Waals surface area contributed by atoms with Crippen molar-refractivity contribution >= 4 is 5.52 Å². The molecule has 3 rings (SSSR count). The van der Waals surface area contributed by atoms with Crippen molar-refractivity contribution in [1.82, 2.24) is 9.38 Å². The highest BCUT2D eigenvalue weighted by molar-refractivity contribution is 5.58. The minimum Gasteiger partial charge on any atom is -0.506 e. The molecular formula is C11H12N2O. The summed E-state index contributed by atoms with van der Waals surface area (Å²) in [7, 11) is 0. The van der Waals surface area contributed by atoms with Crippen LogP contribution in [0.1, 0.15) is 31.0 Å². The van der Waals surface area contributed by atoms with Crippen LogP contribution in [0.2, 0.25) is 0 Å². The second-order valence-electron chi connectivity index (χ2n) is 3.89. The van der Waals surface area contributed by atoms with Crippen molar-refractivity contribution in [3.63, 3.8) is 0 Å². The van der Waals surface area contributed by atoms with Crippen molar-refractivity contribution in [2.45, 2.75) is 25.2 Å². The molecule has 3 heteroatoms. The maximum atomic E-state index is 9.60. The van der Waals surface area contributed by atoms with Crippen LogP contribution in [-0.4, -0.2) is 14.5 Å². The zero-order valence-electron chi connectivity index (χ0n) is 7.85. The third-order valence-corrected chi connectivity index (χ3v) is 3.05. The molecule has 0 saturated heterocycles. The van der Waals surface area contributed by atoms with E-state index < -0.39 is 0 Å². The molecular weight excluding hydrogens is 176 g/mol. The van der Waals surface area contributed by atoms with E-state index in [2.05, 4.69) is 4.98 Å². The average Bonchev–Trinajstić information content (AvgIpc) is 2.48. The van der Waals surface area contributed by atoms with Gasteiger partial charge in [-0.3, -0.25) is 0 Å². The SMILES string of the molecule is Oc1cccn2c(C3CCC3)ncc12. The van der Waals surface area contributed by atoms with Crippen LogP contribution in [0.15, 0.2) is 24.5 Å². The molecule has 14 heavy (non-hydrogen) atoms. The topological polar surface area (TPSA) is 37.5 Å². The molecule has 1 saturated carbocycles. The van der Waals surface area contributed by atoms with Gasteiger partial charge in [0.1, 0.15) is 17.1 Å². The molecule has 1 fully saturated rings. The molecule has 2 aromatic rings. The maximum Gasteiger partial charge on any atom is 0.141 e. The highest BCUT2D eigenvalue weighted by atomic mass is 16.3. The Morgan fingerprint density at radius 1 is 1.43 bits per heavy atom. The molecule has 0 amide bonds. The average molecular weight is 188 g/mol. The monoisotopic (exact) mass is 188 g/mol. The van der Waals surface area contributed by atoms with Crippen molar-refractivity contribution < 1.29 is 5.11 Å². The Balaban J connectivity index is 2.20. The summed E-state index contributed by atoms with van der Waals surface area (Å²) in [6, 6.07) is 3.55. The van der Waals surface area contributed by atoms with E-state index in [4.69, 9.17) is 0 Å². The fraction of sp³-hybridized carbons (Fsp3) is 0.364. The molecule has 0 spiro atoms. The normalized spacial score (nSPS) is 17.1. The van der Waals surface area contributed by atoms with Gasteiger partial charge in [0.05, 0.1) is 6.20 Å². The highest BCUT2D eigenvalue weighted by Gasteiger charge is 2.23. The van der Waals surface area contributed by atoms with E-state index in [1.165, 1.54) is 19.3 Å². The largest absolute Gasteiger partial charge is 0.506 e. The molecule has 0 aromatic carbocycles. The van der Waals surface area contributed by atoms with Gasteiger partial charge in [-0.2, -0.15) is 0 Å². The van der Waals surface area contributed by atoms with Crippen molar-refractivity contribution in [1.29, 1.82) is 0 Å². The van der Waals surface area contributed by atoms with E-state index in [9.17, 15) is 5.11 Å². The summed E-state index contributed by atoms with van der Waals surface area (Å²) in [5.74, 6) is 2.01. The molecule has 0 unspecified atom stereocenters. The van der Waals surface area contributed by atoms with E-state index >= 15 is 0 Å². The molecule has 3 nitrogen and oxygen atoms in total. The number of aromatic hydroxyl groups is 1. The first-order chi connectivity index (χ1) is 6.86. The third kappa shape index (κ3) is 0.953. The first-order valence-corrected chi connectivity index (χ1v) is 5.01. The van der Waals surface area contributed by atoms with E-state index in [0.717, 1.165) is 11.3 Å². The number of imidazole rings is 1. The zero-order chi connectivity index (χ0) is 9.54. The Morgan fingerprint density at radius 3 is 3.00 bits per heavy atom. The lowest BCUT2D eigenvalue weighted by atomic mass is 9.85. The lowest BCUT2D eigenvalue weighted by Crippen LogP contribution is -2.12. The van der Waals surface area contributed by atoms with Crippen LogP contribution in [0, 0.1) is 0 Å². The lowest BCUT2D eigenvalue weighted by Gasteiger charge is -2.23. The van der Waals surface area contributed by atoms with Gasteiger partial charge in [-0.25, -0.2) is 4.98 Å². The smallest absolute Gasteiger partial charge is 0.141 e. The fourth-order valence-corrected chi connectivity index (χ4v) is 2.00. The van der Waals surface area contributed by atoms with Crippen molar-refractivity contribution in [3.8, 4) is 5.75 Å². The number of hydrogen-bond acceptors (Lipinski definition) is 2. The number of rotatable bonds is 1. The molecule has 1 aliphatic carbocycles. The standard InChI is InChI=1S/C11H12N2O/c14-10-5-2-6-13-9(10)7-12-11(13)8-3-1-4-8/h2,5-8,14H,1,3-4H2. The van der Waals surface area contributed by atoms with Crippen LogP contribution in [0.3, 0.4) is 0 Å². The van der Waals surface area contributed by atoms with E-state index in [-0.39, 0.29) is 0 Å². The second kappa shape index (κ2) is 2.74. The van der Waals surface area contributed by atoms with Gasteiger partial charge in [0.25, 0.3) is 0 Å². The molecule has 2 heterocycles. The lowest BCUT2D eigenvalue weighted by molar-refractivity contribution is 0.400. The third-order valence-electron chi connectivity index (χ3n) is 3.05. The van der Waals surface area contributed by atoms with Gasteiger partial charge in [0, 0.05) is 12.1 Å². The summed E-state index contributed by atoms with van der Waals surface area (Å²) in [4.78, 5) is 4.38. The number of fused-ring (bicyclic) bond motifs is 1. The van der Waals surface area contributed by atoms with E-state index in [0.29, 0.717) is 11.7 Å². The molecule has 0 bridgehead atoms.